The molecule has 0 bridgehead atoms. The summed E-state index contributed by atoms with van der Waals surface area (Å²) in [4.78, 5) is 0. The van der Waals surface area contributed by atoms with Crippen molar-refractivity contribution >= 4 is 23.2 Å². The van der Waals surface area contributed by atoms with E-state index in [2.05, 4.69) is 6.92 Å². The molecule has 2 aromatic carbocycles. The van der Waals surface area contributed by atoms with E-state index in [-0.39, 0.29) is 0 Å². The summed E-state index contributed by atoms with van der Waals surface area (Å²) in [6.45, 7) is 2.73. The Bertz CT molecular complexity index is 547. The molecule has 0 saturated heterocycles. The average molecular weight is 311 g/mol. The Labute approximate surface area is 128 Å². The molecule has 20 heavy (non-hydrogen) atoms. The predicted molar refractivity (Wildman–Crippen MR) is 82.8 cm³/mol. The van der Waals surface area contributed by atoms with Gasteiger partial charge in [-0.1, -0.05) is 48.3 Å². The van der Waals surface area contributed by atoms with Gasteiger partial charge in [-0.15, -0.1) is 0 Å². The van der Waals surface area contributed by atoms with E-state index in [1.165, 1.54) is 0 Å². The van der Waals surface area contributed by atoms with Crippen LogP contribution in [-0.2, 0) is 0 Å². The third-order valence-corrected chi connectivity index (χ3v) is 3.60. The van der Waals surface area contributed by atoms with Crippen LogP contribution in [0.1, 0.15) is 30.6 Å². The fourth-order valence-corrected chi connectivity index (χ4v) is 2.51. The van der Waals surface area contributed by atoms with Crippen LogP contribution in [0, 0.1) is 0 Å². The highest BCUT2D eigenvalue weighted by Crippen LogP contribution is 2.34. The first kappa shape index (κ1) is 15.2. The minimum absolute atomic E-state index is 0.455. The van der Waals surface area contributed by atoms with E-state index in [1.54, 1.807) is 18.2 Å². The normalized spacial score (nSPS) is 12.2. The van der Waals surface area contributed by atoms with Crippen LogP contribution in [0.2, 0.25) is 10.0 Å². The van der Waals surface area contributed by atoms with E-state index in [4.69, 9.17) is 27.9 Å². The van der Waals surface area contributed by atoms with Crippen LogP contribution in [0.5, 0.6) is 5.75 Å². The average Bonchev–Trinajstić information content (AvgIpc) is 2.45. The molecule has 2 nitrogen and oxygen atoms in total. The number of aliphatic hydroxyl groups excluding tert-OH is 1. The molecule has 0 aliphatic rings. The van der Waals surface area contributed by atoms with Gasteiger partial charge in [-0.3, -0.25) is 0 Å². The summed E-state index contributed by atoms with van der Waals surface area (Å²) in [7, 11) is 0. The minimum atomic E-state index is -0.851. The molecule has 0 aromatic heterocycles. The summed E-state index contributed by atoms with van der Waals surface area (Å²) < 4.78 is 5.51. The molecule has 2 aromatic rings. The minimum Gasteiger partial charge on any atom is -0.494 e. The Balaban J connectivity index is 2.23. The van der Waals surface area contributed by atoms with Gasteiger partial charge in [0.15, 0.2) is 0 Å². The SMILES string of the molecule is CCCOc1ccc(C(O)c2c(Cl)cccc2Cl)cc1. The first-order valence-corrected chi connectivity index (χ1v) is 7.23. The van der Waals surface area contributed by atoms with E-state index >= 15 is 0 Å². The van der Waals surface area contributed by atoms with E-state index in [1.807, 2.05) is 24.3 Å². The second kappa shape index (κ2) is 6.98. The van der Waals surface area contributed by atoms with Gasteiger partial charge in [0.1, 0.15) is 11.9 Å². The summed E-state index contributed by atoms with van der Waals surface area (Å²) in [5.41, 5.74) is 1.25. The maximum Gasteiger partial charge on any atom is 0.119 e. The second-order valence-electron chi connectivity index (χ2n) is 4.46. The van der Waals surface area contributed by atoms with Crippen molar-refractivity contribution in [2.45, 2.75) is 19.4 Å². The lowest BCUT2D eigenvalue weighted by Crippen LogP contribution is -2.02. The van der Waals surface area contributed by atoms with Crippen LogP contribution in [0.4, 0.5) is 0 Å². The number of ether oxygens (including phenoxy) is 1. The van der Waals surface area contributed by atoms with Gasteiger partial charge in [0, 0.05) is 15.6 Å². The van der Waals surface area contributed by atoms with E-state index in [9.17, 15) is 5.11 Å². The Morgan fingerprint density at radius 2 is 1.65 bits per heavy atom. The lowest BCUT2D eigenvalue weighted by molar-refractivity contribution is 0.220. The van der Waals surface area contributed by atoms with Crippen LogP contribution >= 0.6 is 23.2 Å². The van der Waals surface area contributed by atoms with Crippen LogP contribution in [0.15, 0.2) is 42.5 Å². The maximum atomic E-state index is 10.4. The summed E-state index contributed by atoms with van der Waals surface area (Å²) >= 11 is 12.2. The van der Waals surface area contributed by atoms with Gasteiger partial charge in [0.05, 0.1) is 6.61 Å². The third kappa shape index (κ3) is 3.45. The standard InChI is InChI=1S/C16H16Cl2O2/c1-2-10-20-12-8-6-11(7-9-12)16(19)15-13(17)4-3-5-14(15)18/h3-9,16,19H,2,10H2,1H3. The Kier molecular flexibility index (Phi) is 5.30. The largest absolute Gasteiger partial charge is 0.494 e. The number of halogens is 2. The molecular weight excluding hydrogens is 295 g/mol. The number of rotatable bonds is 5. The van der Waals surface area contributed by atoms with Crippen molar-refractivity contribution in [3.8, 4) is 5.75 Å². The van der Waals surface area contributed by atoms with Gasteiger partial charge < -0.3 is 9.84 Å². The summed E-state index contributed by atoms with van der Waals surface area (Å²) in [6.07, 6.45) is 0.107. The smallest absolute Gasteiger partial charge is 0.119 e. The van der Waals surface area contributed by atoms with Crippen LogP contribution < -0.4 is 4.74 Å². The molecule has 1 N–H and O–H groups in total. The maximum absolute atomic E-state index is 10.4. The fourth-order valence-electron chi connectivity index (χ4n) is 1.90. The molecule has 0 heterocycles. The van der Waals surface area contributed by atoms with Gasteiger partial charge in [-0.25, -0.2) is 0 Å². The van der Waals surface area contributed by atoms with Crippen molar-refractivity contribution in [2.75, 3.05) is 6.61 Å². The molecule has 0 spiro atoms. The van der Waals surface area contributed by atoms with Gasteiger partial charge in [-0.2, -0.15) is 0 Å². The molecule has 0 aliphatic carbocycles. The van der Waals surface area contributed by atoms with E-state index in [0.717, 1.165) is 17.7 Å². The van der Waals surface area contributed by atoms with Crippen molar-refractivity contribution in [2.24, 2.45) is 0 Å². The Hall–Kier alpha value is -1.22. The summed E-state index contributed by atoms with van der Waals surface area (Å²) in [6, 6.07) is 12.5. The van der Waals surface area contributed by atoms with Gasteiger partial charge >= 0.3 is 0 Å². The molecule has 106 valence electrons. The topological polar surface area (TPSA) is 29.5 Å². The van der Waals surface area contributed by atoms with E-state index < -0.39 is 6.10 Å². The van der Waals surface area contributed by atoms with E-state index in [0.29, 0.717) is 22.2 Å². The molecular formula is C16H16Cl2O2. The molecule has 0 aliphatic heterocycles. The molecule has 2 rings (SSSR count). The van der Waals surface area contributed by atoms with Gasteiger partial charge in [0.2, 0.25) is 0 Å². The summed E-state index contributed by atoms with van der Waals surface area (Å²) in [5.74, 6) is 0.785. The fraction of sp³-hybridized carbons (Fsp3) is 0.250. The second-order valence-corrected chi connectivity index (χ2v) is 5.27. The van der Waals surface area contributed by atoms with Crippen LogP contribution in [-0.4, -0.2) is 11.7 Å². The predicted octanol–water partition coefficient (Wildman–Crippen LogP) is 4.86. The highest BCUT2D eigenvalue weighted by Gasteiger charge is 2.17. The first-order valence-electron chi connectivity index (χ1n) is 6.48. The van der Waals surface area contributed by atoms with Crippen LogP contribution in [0.3, 0.4) is 0 Å². The molecule has 1 atom stereocenters. The van der Waals surface area contributed by atoms with Crippen molar-refractivity contribution < 1.29 is 9.84 Å². The monoisotopic (exact) mass is 310 g/mol. The molecule has 0 saturated carbocycles. The Morgan fingerprint density at radius 1 is 1.05 bits per heavy atom. The van der Waals surface area contributed by atoms with Crippen molar-refractivity contribution in [1.82, 2.24) is 0 Å². The van der Waals surface area contributed by atoms with Gasteiger partial charge in [0.25, 0.3) is 0 Å². The molecule has 0 amide bonds. The van der Waals surface area contributed by atoms with Crippen molar-refractivity contribution in [3.05, 3.63) is 63.6 Å². The van der Waals surface area contributed by atoms with Crippen molar-refractivity contribution in [3.63, 3.8) is 0 Å². The third-order valence-electron chi connectivity index (χ3n) is 2.94. The zero-order valence-corrected chi connectivity index (χ0v) is 12.7. The highest BCUT2D eigenvalue weighted by molar-refractivity contribution is 6.36. The molecule has 1 unspecified atom stereocenters. The molecule has 4 heteroatoms. The zero-order chi connectivity index (χ0) is 14.5. The lowest BCUT2D eigenvalue weighted by atomic mass is 10.0. The van der Waals surface area contributed by atoms with Crippen molar-refractivity contribution in [1.29, 1.82) is 0 Å². The number of hydrogen-bond donors (Lipinski definition) is 1. The molecule has 0 radical (unpaired) electrons. The summed E-state index contributed by atoms with van der Waals surface area (Å²) in [5, 5.41) is 11.3. The number of hydrogen-bond acceptors (Lipinski definition) is 2. The van der Waals surface area contributed by atoms with Gasteiger partial charge in [-0.05, 0) is 36.2 Å². The molecule has 0 fully saturated rings. The quantitative estimate of drug-likeness (QED) is 0.854. The first-order chi connectivity index (χ1) is 9.63. The zero-order valence-electron chi connectivity index (χ0n) is 11.1. The number of aliphatic hydroxyl groups is 1. The number of benzene rings is 2. The highest BCUT2D eigenvalue weighted by atomic mass is 35.5. The Morgan fingerprint density at radius 3 is 2.20 bits per heavy atom. The lowest BCUT2D eigenvalue weighted by Gasteiger charge is -2.15. The van der Waals surface area contributed by atoms with Crippen LogP contribution in [0.25, 0.3) is 0 Å².